The van der Waals surface area contributed by atoms with Gasteiger partial charge in [-0.25, -0.2) is 0 Å². The molecule has 0 bridgehead atoms. The fourth-order valence-electron chi connectivity index (χ4n) is 1.35. The van der Waals surface area contributed by atoms with E-state index in [0.29, 0.717) is 0 Å². The molecule has 0 saturated heterocycles. The Hall–Kier alpha value is -1.48. The molecule has 1 N–H and O–H groups in total. The number of hydrogen-bond acceptors (Lipinski definition) is 2. The first-order valence-corrected chi connectivity index (χ1v) is 7.87. The van der Waals surface area contributed by atoms with Crippen molar-refractivity contribution in [2.45, 2.75) is 27.7 Å². The molecule has 20 heavy (non-hydrogen) atoms. The Balaban J connectivity index is 0.000000246. The summed E-state index contributed by atoms with van der Waals surface area (Å²) in [6.07, 6.45) is 0. The van der Waals surface area contributed by atoms with Gasteiger partial charge in [0.2, 0.25) is 0 Å². The van der Waals surface area contributed by atoms with Crippen molar-refractivity contribution in [3.63, 3.8) is 0 Å². The van der Waals surface area contributed by atoms with Crippen LogP contribution in [0, 0.1) is 12.3 Å². The molecule has 0 atom stereocenters. The van der Waals surface area contributed by atoms with Gasteiger partial charge in [0, 0.05) is 0 Å². The number of nitrogens with zero attached hydrogens (tertiary/aromatic N) is 2. The van der Waals surface area contributed by atoms with Gasteiger partial charge in [0.05, 0.1) is 5.41 Å². The second-order valence-electron chi connectivity index (χ2n) is 5.58. The predicted molar refractivity (Wildman–Crippen MR) is 75.0 cm³/mol. The van der Waals surface area contributed by atoms with Gasteiger partial charge in [-0.15, -0.1) is 0 Å². The molecule has 5 heteroatoms. The Morgan fingerprint density at radius 1 is 1.25 bits per heavy atom. The number of rotatable bonds is 1. The molecule has 4 nitrogen and oxygen atoms in total. The van der Waals surface area contributed by atoms with Crippen LogP contribution in [0.15, 0.2) is 36.4 Å². The SMILES string of the molecule is CC(C)(C)C(=O)O.Cc1c[c]([Zn])n(-c2ccccc2)n1. The average Bonchev–Trinajstić information content (AvgIpc) is 2.69. The first-order valence-electron chi connectivity index (χ1n) is 6.39. The molecule has 0 spiro atoms. The van der Waals surface area contributed by atoms with Gasteiger partial charge in [0.15, 0.2) is 0 Å². The first-order chi connectivity index (χ1) is 9.21. The molecule has 103 valence electrons. The summed E-state index contributed by atoms with van der Waals surface area (Å²) in [5, 5.41) is 12.7. The molecule has 0 unspecified atom stereocenters. The predicted octanol–water partition coefficient (Wildman–Crippen LogP) is 2.47. The molecule has 1 heterocycles. The van der Waals surface area contributed by atoms with E-state index in [1.54, 1.807) is 20.8 Å². The summed E-state index contributed by atoms with van der Waals surface area (Å²) in [7, 11) is 0. The van der Waals surface area contributed by atoms with E-state index in [1.807, 2.05) is 29.8 Å². The minimum absolute atomic E-state index is 0.583. The van der Waals surface area contributed by atoms with Gasteiger partial charge in [-0.2, -0.15) is 0 Å². The molecule has 1 aromatic carbocycles. The van der Waals surface area contributed by atoms with Gasteiger partial charge in [-0.05, 0) is 20.8 Å². The van der Waals surface area contributed by atoms with Gasteiger partial charge in [-0.3, -0.25) is 4.79 Å². The second-order valence-corrected chi connectivity index (χ2v) is 7.10. The molecule has 0 fully saturated rings. The van der Waals surface area contributed by atoms with Crippen molar-refractivity contribution >= 4 is 10.3 Å². The van der Waals surface area contributed by atoms with Gasteiger partial charge in [0.25, 0.3) is 0 Å². The number of carboxylic acid groups (broad SMARTS) is 1. The summed E-state index contributed by atoms with van der Waals surface area (Å²) in [6.45, 7) is 7.01. The fraction of sp³-hybridized carbons (Fsp3) is 0.333. The Morgan fingerprint density at radius 3 is 2.10 bits per heavy atom. The number of carbonyl (C=O) groups is 1. The van der Waals surface area contributed by atoms with Crippen LogP contribution in [0.3, 0.4) is 0 Å². The van der Waals surface area contributed by atoms with E-state index in [1.165, 1.54) is 4.29 Å². The third-order valence-corrected chi connectivity index (χ3v) is 3.60. The molecule has 1 aromatic heterocycles. The van der Waals surface area contributed by atoms with Crippen LogP contribution < -0.4 is 4.29 Å². The Morgan fingerprint density at radius 2 is 1.75 bits per heavy atom. The van der Waals surface area contributed by atoms with Crippen molar-refractivity contribution in [1.29, 1.82) is 0 Å². The normalized spacial score (nSPS) is 10.7. The Kier molecular flexibility index (Phi) is 5.64. The standard InChI is InChI=1S/C10H9N2.C5H10O2.Zn/c1-9-7-8-12(11-9)10-5-3-2-4-6-10;1-5(2,3)4(6)7;/h2-7H,1H3;1-3H3,(H,6,7);. The van der Waals surface area contributed by atoms with Crippen LogP contribution in [0.4, 0.5) is 0 Å². The molecule has 0 aliphatic heterocycles. The van der Waals surface area contributed by atoms with Crippen LogP contribution in [0.2, 0.25) is 0 Å². The van der Waals surface area contributed by atoms with E-state index < -0.39 is 11.4 Å². The van der Waals surface area contributed by atoms with Gasteiger partial charge in [-0.1, -0.05) is 0 Å². The zero-order valence-corrected chi connectivity index (χ0v) is 15.4. The summed E-state index contributed by atoms with van der Waals surface area (Å²) in [5.74, 6) is -0.757. The van der Waals surface area contributed by atoms with Crippen LogP contribution >= 0.6 is 0 Å². The summed E-state index contributed by atoms with van der Waals surface area (Å²) in [4.78, 5) is 10.0. The molecule has 0 saturated carbocycles. The van der Waals surface area contributed by atoms with Crippen LogP contribution in [0.25, 0.3) is 5.69 Å². The summed E-state index contributed by atoms with van der Waals surface area (Å²) in [5.41, 5.74) is 1.65. The van der Waals surface area contributed by atoms with Gasteiger partial charge >= 0.3 is 93.0 Å². The average molecular weight is 325 g/mol. The van der Waals surface area contributed by atoms with E-state index in [9.17, 15) is 4.79 Å². The molecule has 0 amide bonds. The molecular weight excluding hydrogens is 306 g/mol. The third kappa shape index (κ3) is 4.89. The maximum atomic E-state index is 10.0. The van der Waals surface area contributed by atoms with E-state index in [-0.39, 0.29) is 0 Å². The van der Waals surface area contributed by atoms with Crippen LogP contribution in [-0.2, 0) is 23.1 Å². The van der Waals surface area contributed by atoms with Crippen LogP contribution in [0.5, 0.6) is 0 Å². The van der Waals surface area contributed by atoms with Gasteiger partial charge in [0.1, 0.15) is 0 Å². The number of para-hydroxylation sites is 1. The summed E-state index contributed by atoms with van der Waals surface area (Å²) in [6, 6.07) is 12.4. The Labute approximate surface area is 129 Å². The van der Waals surface area contributed by atoms with Crippen molar-refractivity contribution in [3.8, 4) is 5.69 Å². The molecule has 0 aliphatic rings. The van der Waals surface area contributed by atoms with E-state index >= 15 is 0 Å². The first kappa shape index (κ1) is 16.6. The number of aryl methyl sites for hydroxylation is 1. The van der Waals surface area contributed by atoms with E-state index in [2.05, 4.69) is 23.3 Å². The van der Waals surface area contributed by atoms with Crippen molar-refractivity contribution in [1.82, 2.24) is 9.78 Å². The number of benzene rings is 1. The molecule has 2 aromatic rings. The third-order valence-electron chi connectivity index (χ3n) is 2.55. The van der Waals surface area contributed by atoms with Crippen LogP contribution in [-0.4, -0.2) is 20.9 Å². The molecule has 2 rings (SSSR count). The zero-order valence-electron chi connectivity index (χ0n) is 12.4. The number of carboxylic acids is 1. The van der Waals surface area contributed by atoms with Crippen molar-refractivity contribution in [2.75, 3.05) is 0 Å². The quantitative estimate of drug-likeness (QED) is 0.820. The summed E-state index contributed by atoms with van der Waals surface area (Å²) >= 11 is 1.13. The monoisotopic (exact) mass is 323 g/mol. The van der Waals surface area contributed by atoms with Crippen molar-refractivity contribution < 1.29 is 28.2 Å². The molecule has 0 radical (unpaired) electrons. The molecular formula is C15H19N2O2Zn. The number of aromatic nitrogens is 2. The maximum absolute atomic E-state index is 10.0. The second kappa shape index (κ2) is 6.80. The number of hydrogen-bond donors (Lipinski definition) is 1. The molecule has 0 aliphatic carbocycles. The topological polar surface area (TPSA) is 55.1 Å². The number of aliphatic carboxylic acids is 1. The van der Waals surface area contributed by atoms with Crippen LogP contribution in [0.1, 0.15) is 26.5 Å². The van der Waals surface area contributed by atoms with E-state index in [4.69, 9.17) is 5.11 Å². The zero-order chi connectivity index (χ0) is 15.3. The summed E-state index contributed by atoms with van der Waals surface area (Å²) < 4.78 is 3.30. The van der Waals surface area contributed by atoms with Gasteiger partial charge < -0.3 is 5.11 Å². The fourth-order valence-corrected chi connectivity index (χ4v) is 2.50. The van der Waals surface area contributed by atoms with Crippen molar-refractivity contribution in [3.05, 3.63) is 42.1 Å². The Bertz CT molecular complexity index is 571. The van der Waals surface area contributed by atoms with E-state index in [0.717, 1.165) is 29.7 Å². The minimum atomic E-state index is -0.757. The van der Waals surface area contributed by atoms with Crippen molar-refractivity contribution in [2.24, 2.45) is 5.41 Å².